The van der Waals surface area contributed by atoms with Gasteiger partial charge in [0.1, 0.15) is 17.3 Å². The number of piperazine rings is 1. The molecule has 5 nitrogen and oxygen atoms in total. The van der Waals surface area contributed by atoms with E-state index in [0.29, 0.717) is 37.5 Å². The second kappa shape index (κ2) is 7.39. The number of aliphatic imine (C=N–C) groups is 1. The van der Waals surface area contributed by atoms with Gasteiger partial charge in [-0.15, -0.1) is 0 Å². The molecule has 1 saturated heterocycles. The number of hydrogen-bond acceptors (Lipinski definition) is 4. The van der Waals surface area contributed by atoms with Crippen LogP contribution in [0.15, 0.2) is 47.5 Å². The van der Waals surface area contributed by atoms with Gasteiger partial charge in [0.25, 0.3) is 5.91 Å². The molecule has 0 spiro atoms. The maximum absolute atomic E-state index is 13.3. The van der Waals surface area contributed by atoms with E-state index in [1.54, 1.807) is 6.07 Å². The van der Waals surface area contributed by atoms with Gasteiger partial charge in [-0.05, 0) is 48.9 Å². The summed E-state index contributed by atoms with van der Waals surface area (Å²) in [6.07, 6.45) is 0.480. The Balaban J connectivity index is 1.37. The number of halogens is 1. The van der Waals surface area contributed by atoms with Crippen molar-refractivity contribution in [1.82, 2.24) is 4.90 Å². The molecule has 6 heteroatoms. The molecule has 1 amide bonds. The van der Waals surface area contributed by atoms with Crippen molar-refractivity contribution in [1.29, 1.82) is 0 Å². The zero-order chi connectivity index (χ0) is 18.8. The highest BCUT2D eigenvalue weighted by Gasteiger charge is 2.28. The summed E-state index contributed by atoms with van der Waals surface area (Å²) < 4.78 is 18.8. The third-order valence-corrected chi connectivity index (χ3v) is 4.99. The SMILES string of the molecule is CCOc1ccc(N2CCN(C(=O)C3=Nc4cc(F)ccc4C3)CC2)cc1. The Morgan fingerprint density at radius 1 is 1.11 bits per heavy atom. The Hall–Kier alpha value is -2.89. The fraction of sp³-hybridized carbons (Fsp3) is 0.333. The number of nitrogens with zero attached hydrogens (tertiary/aromatic N) is 3. The highest BCUT2D eigenvalue weighted by atomic mass is 19.1. The van der Waals surface area contributed by atoms with Crippen LogP contribution in [0.1, 0.15) is 12.5 Å². The summed E-state index contributed by atoms with van der Waals surface area (Å²) >= 11 is 0. The highest BCUT2D eigenvalue weighted by molar-refractivity contribution is 6.40. The minimum absolute atomic E-state index is 0.0436. The fourth-order valence-electron chi connectivity index (χ4n) is 3.55. The van der Waals surface area contributed by atoms with Crippen molar-refractivity contribution >= 4 is 23.0 Å². The minimum atomic E-state index is -0.324. The van der Waals surface area contributed by atoms with Crippen molar-refractivity contribution in [3.63, 3.8) is 0 Å². The molecule has 2 aliphatic rings. The van der Waals surface area contributed by atoms with Gasteiger partial charge in [0.15, 0.2) is 0 Å². The van der Waals surface area contributed by atoms with Crippen molar-refractivity contribution in [2.75, 3.05) is 37.7 Å². The summed E-state index contributed by atoms with van der Waals surface area (Å²) in [6, 6.07) is 12.6. The number of benzene rings is 2. The van der Waals surface area contributed by atoms with E-state index in [0.717, 1.165) is 30.1 Å². The first-order valence-corrected chi connectivity index (χ1v) is 9.27. The van der Waals surface area contributed by atoms with Crippen molar-refractivity contribution < 1.29 is 13.9 Å². The summed E-state index contributed by atoms with van der Waals surface area (Å²) in [6.45, 7) is 5.46. The molecule has 27 heavy (non-hydrogen) atoms. The normalized spacial score (nSPS) is 16.1. The number of fused-ring (bicyclic) bond motifs is 1. The second-order valence-electron chi connectivity index (χ2n) is 6.71. The van der Waals surface area contributed by atoms with Crippen molar-refractivity contribution in [3.05, 3.63) is 53.8 Å². The van der Waals surface area contributed by atoms with Gasteiger partial charge in [-0.2, -0.15) is 0 Å². The molecular weight excluding hydrogens is 345 g/mol. The Morgan fingerprint density at radius 2 is 1.85 bits per heavy atom. The lowest BCUT2D eigenvalue weighted by molar-refractivity contribution is -0.124. The van der Waals surface area contributed by atoms with E-state index in [1.165, 1.54) is 12.1 Å². The monoisotopic (exact) mass is 367 g/mol. The predicted molar refractivity (Wildman–Crippen MR) is 104 cm³/mol. The Kier molecular flexibility index (Phi) is 4.79. The molecule has 2 heterocycles. The smallest absolute Gasteiger partial charge is 0.268 e. The lowest BCUT2D eigenvalue weighted by Crippen LogP contribution is -2.50. The van der Waals surface area contributed by atoms with E-state index in [2.05, 4.69) is 22.0 Å². The molecule has 0 aromatic heterocycles. The number of carbonyl (C=O) groups excluding carboxylic acids is 1. The fourth-order valence-corrected chi connectivity index (χ4v) is 3.55. The molecule has 0 atom stereocenters. The maximum Gasteiger partial charge on any atom is 0.268 e. The van der Waals surface area contributed by atoms with Gasteiger partial charge in [0.05, 0.1) is 12.3 Å². The van der Waals surface area contributed by atoms with Gasteiger partial charge >= 0.3 is 0 Å². The molecule has 0 radical (unpaired) electrons. The van der Waals surface area contributed by atoms with E-state index in [1.807, 2.05) is 24.0 Å². The lowest BCUT2D eigenvalue weighted by atomic mass is 10.1. The lowest BCUT2D eigenvalue weighted by Gasteiger charge is -2.36. The molecule has 0 aliphatic carbocycles. The number of anilines is 1. The zero-order valence-electron chi connectivity index (χ0n) is 15.3. The largest absolute Gasteiger partial charge is 0.494 e. The minimum Gasteiger partial charge on any atom is -0.494 e. The van der Waals surface area contributed by atoms with Gasteiger partial charge in [-0.1, -0.05) is 6.07 Å². The van der Waals surface area contributed by atoms with Crippen LogP contribution in [-0.4, -0.2) is 49.3 Å². The third-order valence-electron chi connectivity index (χ3n) is 4.99. The van der Waals surface area contributed by atoms with Crippen LogP contribution < -0.4 is 9.64 Å². The first-order valence-electron chi connectivity index (χ1n) is 9.27. The van der Waals surface area contributed by atoms with Gasteiger partial charge in [-0.3, -0.25) is 4.79 Å². The number of amides is 1. The van der Waals surface area contributed by atoms with Crippen molar-refractivity contribution in [2.24, 2.45) is 4.99 Å². The number of rotatable bonds is 4. The molecule has 0 unspecified atom stereocenters. The van der Waals surface area contributed by atoms with E-state index in [-0.39, 0.29) is 11.7 Å². The van der Waals surface area contributed by atoms with Crippen LogP contribution in [0, 0.1) is 5.82 Å². The van der Waals surface area contributed by atoms with Crippen molar-refractivity contribution in [2.45, 2.75) is 13.3 Å². The molecule has 0 bridgehead atoms. The van der Waals surface area contributed by atoms with Crippen LogP contribution in [0.5, 0.6) is 5.75 Å². The molecule has 0 N–H and O–H groups in total. The molecule has 4 rings (SSSR count). The van der Waals surface area contributed by atoms with Crippen LogP contribution in [0.25, 0.3) is 0 Å². The van der Waals surface area contributed by atoms with E-state index >= 15 is 0 Å². The summed E-state index contributed by atoms with van der Waals surface area (Å²) in [5.41, 5.74) is 3.12. The Bertz CT molecular complexity index is 871. The molecule has 2 aromatic carbocycles. The quantitative estimate of drug-likeness (QED) is 0.834. The van der Waals surface area contributed by atoms with Crippen molar-refractivity contribution in [3.8, 4) is 5.75 Å². The summed E-state index contributed by atoms with van der Waals surface area (Å²) in [5, 5.41) is 0. The molecule has 140 valence electrons. The van der Waals surface area contributed by atoms with Gasteiger partial charge in [0.2, 0.25) is 0 Å². The predicted octanol–water partition coefficient (Wildman–Crippen LogP) is 3.20. The maximum atomic E-state index is 13.3. The number of hydrogen-bond donors (Lipinski definition) is 0. The number of ether oxygens (including phenoxy) is 1. The van der Waals surface area contributed by atoms with Crippen LogP contribution >= 0.6 is 0 Å². The van der Waals surface area contributed by atoms with Gasteiger partial charge in [-0.25, -0.2) is 9.38 Å². The van der Waals surface area contributed by atoms with E-state index in [4.69, 9.17) is 4.74 Å². The van der Waals surface area contributed by atoms with Gasteiger partial charge in [0, 0.05) is 38.3 Å². The summed E-state index contributed by atoms with van der Waals surface area (Å²) in [7, 11) is 0. The first kappa shape index (κ1) is 17.5. The van der Waals surface area contributed by atoms with E-state index < -0.39 is 0 Å². The summed E-state index contributed by atoms with van der Waals surface area (Å²) in [5.74, 6) is 0.499. The highest BCUT2D eigenvalue weighted by Crippen LogP contribution is 2.28. The average molecular weight is 367 g/mol. The van der Waals surface area contributed by atoms with Crippen LogP contribution in [-0.2, 0) is 11.2 Å². The first-order chi connectivity index (χ1) is 13.1. The third kappa shape index (κ3) is 3.65. The van der Waals surface area contributed by atoms with Crippen LogP contribution in [0.4, 0.5) is 15.8 Å². The van der Waals surface area contributed by atoms with Crippen LogP contribution in [0.3, 0.4) is 0 Å². The van der Waals surface area contributed by atoms with Gasteiger partial charge < -0.3 is 14.5 Å². The zero-order valence-corrected chi connectivity index (χ0v) is 15.3. The molecule has 1 fully saturated rings. The molecule has 2 aliphatic heterocycles. The molecule has 0 saturated carbocycles. The number of carbonyl (C=O) groups is 1. The summed E-state index contributed by atoms with van der Waals surface area (Å²) in [4.78, 5) is 21.2. The average Bonchev–Trinajstić information content (AvgIpc) is 3.11. The molecule has 2 aromatic rings. The van der Waals surface area contributed by atoms with Crippen LogP contribution in [0.2, 0.25) is 0 Å². The Labute approximate surface area is 158 Å². The molecular formula is C21H22FN3O2. The topological polar surface area (TPSA) is 45.1 Å². The second-order valence-corrected chi connectivity index (χ2v) is 6.71. The standard InChI is InChI=1S/C21H22FN3O2/c1-2-27-18-7-5-17(6-8-18)24-9-11-25(12-10-24)21(26)20-13-15-3-4-16(22)14-19(15)23-20/h3-8,14H,2,9-13H2,1H3. The Morgan fingerprint density at radius 3 is 2.56 bits per heavy atom. The van der Waals surface area contributed by atoms with E-state index in [9.17, 15) is 9.18 Å².